The van der Waals surface area contributed by atoms with Crippen LogP contribution in [-0.2, 0) is 0 Å². The molecule has 0 bridgehead atoms. The maximum atomic E-state index is 12.9. The van der Waals surface area contributed by atoms with Gasteiger partial charge in [0.1, 0.15) is 10.9 Å². The Morgan fingerprint density at radius 2 is 1.78 bits per heavy atom. The Hall–Kier alpha value is -2.69. The lowest BCUT2D eigenvalue weighted by Crippen LogP contribution is -2.04. The standard InChI is InChI=1S/C21H14Cl2N2O2/c1-11-17(12(2)27-25-11)20(26)14-8-9-16-15(10-14)19(22)18(21(23)24-16)13-6-4-3-5-7-13/h3-10H,1-2H3. The Balaban J connectivity index is 1.91. The van der Waals surface area contributed by atoms with Gasteiger partial charge < -0.3 is 4.52 Å². The van der Waals surface area contributed by atoms with Crippen molar-refractivity contribution in [3.63, 3.8) is 0 Å². The molecule has 0 saturated carbocycles. The highest BCUT2D eigenvalue weighted by Crippen LogP contribution is 2.38. The Labute approximate surface area is 165 Å². The van der Waals surface area contributed by atoms with Crippen molar-refractivity contribution in [3.8, 4) is 11.1 Å². The summed E-state index contributed by atoms with van der Waals surface area (Å²) in [6.45, 7) is 3.46. The molecule has 134 valence electrons. The summed E-state index contributed by atoms with van der Waals surface area (Å²) in [5.41, 5.74) is 3.65. The van der Waals surface area contributed by atoms with E-state index in [0.29, 0.717) is 49.2 Å². The number of ketones is 1. The van der Waals surface area contributed by atoms with Crippen LogP contribution in [0.25, 0.3) is 22.0 Å². The lowest BCUT2D eigenvalue weighted by Gasteiger charge is -2.11. The first-order valence-corrected chi connectivity index (χ1v) is 9.04. The van der Waals surface area contributed by atoms with Crippen molar-refractivity contribution < 1.29 is 9.32 Å². The smallest absolute Gasteiger partial charge is 0.198 e. The summed E-state index contributed by atoms with van der Waals surface area (Å²) in [5.74, 6) is 0.323. The SMILES string of the molecule is Cc1noc(C)c1C(=O)c1ccc2nc(Cl)c(-c3ccccc3)c(Cl)c2c1. The molecule has 0 aliphatic carbocycles. The quantitative estimate of drug-likeness (QED) is 0.312. The van der Waals surface area contributed by atoms with Gasteiger partial charge in [-0.3, -0.25) is 4.79 Å². The fraction of sp³-hybridized carbons (Fsp3) is 0.0952. The number of hydrogen-bond donors (Lipinski definition) is 0. The molecule has 0 spiro atoms. The molecule has 6 heteroatoms. The molecule has 0 amide bonds. The molecule has 0 N–H and O–H groups in total. The largest absolute Gasteiger partial charge is 0.361 e. The van der Waals surface area contributed by atoms with Crippen molar-refractivity contribution in [1.82, 2.24) is 10.1 Å². The maximum Gasteiger partial charge on any atom is 0.198 e. The highest BCUT2D eigenvalue weighted by molar-refractivity contribution is 6.42. The number of carbonyl (C=O) groups excluding carboxylic acids is 1. The first-order chi connectivity index (χ1) is 13.0. The van der Waals surface area contributed by atoms with Gasteiger partial charge >= 0.3 is 0 Å². The number of pyridine rings is 1. The van der Waals surface area contributed by atoms with Crippen molar-refractivity contribution in [2.45, 2.75) is 13.8 Å². The van der Waals surface area contributed by atoms with Crippen LogP contribution in [0.3, 0.4) is 0 Å². The van der Waals surface area contributed by atoms with Crippen LogP contribution in [0.1, 0.15) is 27.4 Å². The number of nitrogens with zero attached hydrogens (tertiary/aromatic N) is 2. The topological polar surface area (TPSA) is 56.0 Å². The molecule has 0 atom stereocenters. The van der Waals surface area contributed by atoms with E-state index in [4.69, 9.17) is 27.7 Å². The number of rotatable bonds is 3. The van der Waals surface area contributed by atoms with Gasteiger partial charge in [0.15, 0.2) is 5.78 Å². The lowest BCUT2D eigenvalue weighted by molar-refractivity contribution is 0.103. The predicted octanol–water partition coefficient (Wildman–Crippen LogP) is 6.04. The highest BCUT2D eigenvalue weighted by Gasteiger charge is 2.21. The van der Waals surface area contributed by atoms with E-state index in [2.05, 4.69) is 10.1 Å². The van der Waals surface area contributed by atoms with Gasteiger partial charge in [0.05, 0.1) is 21.8 Å². The van der Waals surface area contributed by atoms with Crippen molar-refractivity contribution in [2.75, 3.05) is 0 Å². The van der Waals surface area contributed by atoms with E-state index in [1.807, 2.05) is 30.3 Å². The fourth-order valence-corrected chi connectivity index (χ4v) is 3.83. The summed E-state index contributed by atoms with van der Waals surface area (Å²) in [5, 5.41) is 5.31. The molecule has 0 aliphatic heterocycles. The molecule has 27 heavy (non-hydrogen) atoms. The second-order valence-corrected chi connectivity index (χ2v) is 6.95. The minimum atomic E-state index is -0.166. The van der Waals surface area contributed by atoms with Gasteiger partial charge in [0.25, 0.3) is 0 Å². The summed E-state index contributed by atoms with van der Waals surface area (Å²) in [4.78, 5) is 17.4. The second kappa shape index (κ2) is 6.80. The van der Waals surface area contributed by atoms with Gasteiger partial charge in [-0.1, -0.05) is 58.7 Å². The Kier molecular flexibility index (Phi) is 4.46. The summed E-state index contributed by atoms with van der Waals surface area (Å²) in [6.07, 6.45) is 0. The number of fused-ring (bicyclic) bond motifs is 1. The molecule has 0 saturated heterocycles. The molecule has 2 heterocycles. The highest BCUT2D eigenvalue weighted by atomic mass is 35.5. The Morgan fingerprint density at radius 3 is 2.44 bits per heavy atom. The first kappa shape index (κ1) is 17.7. The van der Waals surface area contributed by atoms with Gasteiger partial charge in [-0.05, 0) is 37.6 Å². The van der Waals surface area contributed by atoms with Crippen LogP contribution in [0, 0.1) is 13.8 Å². The van der Waals surface area contributed by atoms with Gasteiger partial charge in [-0.25, -0.2) is 4.98 Å². The molecule has 2 aromatic carbocycles. The molecular formula is C21H14Cl2N2O2. The molecule has 4 aromatic rings. The van der Waals surface area contributed by atoms with Crippen LogP contribution in [0.15, 0.2) is 53.1 Å². The summed E-state index contributed by atoms with van der Waals surface area (Å²) in [6, 6.07) is 14.7. The Bertz CT molecular complexity index is 1160. The van der Waals surface area contributed by atoms with E-state index in [9.17, 15) is 4.79 Å². The number of halogens is 2. The third-order valence-electron chi connectivity index (χ3n) is 4.46. The van der Waals surface area contributed by atoms with Crippen molar-refractivity contribution in [1.29, 1.82) is 0 Å². The summed E-state index contributed by atoms with van der Waals surface area (Å²) < 4.78 is 5.12. The zero-order valence-electron chi connectivity index (χ0n) is 14.6. The summed E-state index contributed by atoms with van der Waals surface area (Å²) >= 11 is 13.1. The molecule has 0 radical (unpaired) electrons. The number of hydrogen-bond acceptors (Lipinski definition) is 4. The van der Waals surface area contributed by atoms with Crippen LogP contribution < -0.4 is 0 Å². The molecule has 4 nitrogen and oxygen atoms in total. The van der Waals surface area contributed by atoms with E-state index in [1.165, 1.54) is 0 Å². The molecule has 2 aromatic heterocycles. The third kappa shape index (κ3) is 3.01. The molecule has 0 unspecified atom stereocenters. The minimum absolute atomic E-state index is 0.166. The molecule has 0 aliphatic rings. The lowest BCUT2D eigenvalue weighted by atomic mass is 9.99. The van der Waals surface area contributed by atoms with Crippen molar-refractivity contribution in [3.05, 3.63) is 81.3 Å². The summed E-state index contributed by atoms with van der Waals surface area (Å²) in [7, 11) is 0. The zero-order valence-corrected chi connectivity index (χ0v) is 16.1. The average molecular weight is 397 g/mol. The maximum absolute atomic E-state index is 12.9. The first-order valence-electron chi connectivity index (χ1n) is 8.29. The van der Waals surface area contributed by atoms with E-state index in [0.717, 1.165) is 5.56 Å². The number of aromatic nitrogens is 2. The normalized spacial score (nSPS) is 11.1. The predicted molar refractivity (Wildman–Crippen MR) is 107 cm³/mol. The van der Waals surface area contributed by atoms with Crippen LogP contribution in [-0.4, -0.2) is 15.9 Å². The minimum Gasteiger partial charge on any atom is -0.361 e. The fourth-order valence-electron chi connectivity index (χ4n) is 3.14. The van der Waals surface area contributed by atoms with E-state index < -0.39 is 0 Å². The average Bonchev–Trinajstić information content (AvgIpc) is 3.00. The third-order valence-corrected chi connectivity index (χ3v) is 5.13. The van der Waals surface area contributed by atoms with E-state index in [1.54, 1.807) is 32.0 Å². The Morgan fingerprint density at radius 1 is 1.04 bits per heavy atom. The number of carbonyl (C=O) groups is 1. The zero-order chi connectivity index (χ0) is 19.1. The van der Waals surface area contributed by atoms with Gasteiger partial charge in [0, 0.05) is 16.5 Å². The number of aryl methyl sites for hydroxylation is 2. The monoisotopic (exact) mass is 396 g/mol. The molecule has 4 rings (SSSR count). The number of benzene rings is 2. The van der Waals surface area contributed by atoms with Crippen molar-refractivity contribution >= 4 is 39.9 Å². The van der Waals surface area contributed by atoms with Crippen LogP contribution in [0.2, 0.25) is 10.2 Å². The van der Waals surface area contributed by atoms with Gasteiger partial charge in [-0.15, -0.1) is 0 Å². The van der Waals surface area contributed by atoms with Crippen molar-refractivity contribution in [2.24, 2.45) is 0 Å². The second-order valence-electron chi connectivity index (χ2n) is 6.22. The van der Waals surface area contributed by atoms with Crippen LogP contribution >= 0.6 is 23.2 Å². The molecular weight excluding hydrogens is 383 g/mol. The molecule has 0 fully saturated rings. The van der Waals surface area contributed by atoms with E-state index in [-0.39, 0.29) is 5.78 Å². The van der Waals surface area contributed by atoms with Gasteiger partial charge in [-0.2, -0.15) is 0 Å². The van der Waals surface area contributed by atoms with Gasteiger partial charge in [0.2, 0.25) is 0 Å². The van der Waals surface area contributed by atoms with E-state index >= 15 is 0 Å². The van der Waals surface area contributed by atoms with Crippen LogP contribution in [0.5, 0.6) is 0 Å². The van der Waals surface area contributed by atoms with Crippen LogP contribution in [0.4, 0.5) is 0 Å².